The fourth-order valence-electron chi connectivity index (χ4n) is 3.08. The number of rotatable bonds is 3. The molecule has 0 aliphatic carbocycles. The van der Waals surface area contributed by atoms with Crippen molar-refractivity contribution >= 4 is 23.5 Å². The van der Waals surface area contributed by atoms with Gasteiger partial charge in [-0.15, -0.1) is 0 Å². The molecule has 0 radical (unpaired) electrons. The van der Waals surface area contributed by atoms with Gasteiger partial charge in [-0.3, -0.25) is 14.8 Å². The van der Waals surface area contributed by atoms with E-state index in [9.17, 15) is 14.7 Å². The van der Waals surface area contributed by atoms with Crippen LogP contribution in [0.15, 0.2) is 51.0 Å². The smallest absolute Gasteiger partial charge is 0.335 e. The topological polar surface area (TPSA) is 87.4 Å². The molecule has 7 heteroatoms. The second-order valence-corrected chi connectivity index (χ2v) is 6.75. The molecular weight excluding hydrogens is 366 g/mol. The molecule has 0 aliphatic heterocycles. The van der Waals surface area contributed by atoms with E-state index in [2.05, 4.69) is 9.98 Å². The molecule has 3 rings (SSSR count). The normalized spacial score (nSPS) is 11.3. The Kier molecular flexibility index (Phi) is 5.01. The lowest BCUT2D eigenvalue weighted by Gasteiger charge is -2.15. The van der Waals surface area contributed by atoms with Crippen molar-refractivity contribution in [2.45, 2.75) is 20.8 Å². The summed E-state index contributed by atoms with van der Waals surface area (Å²) < 4.78 is 1.09. The van der Waals surface area contributed by atoms with E-state index in [1.54, 1.807) is 24.3 Å². The van der Waals surface area contributed by atoms with Crippen LogP contribution in [0.1, 0.15) is 22.3 Å². The Bertz CT molecular complexity index is 1150. The van der Waals surface area contributed by atoms with Gasteiger partial charge < -0.3 is 5.11 Å². The lowest BCUT2D eigenvalue weighted by Crippen LogP contribution is -2.32. The summed E-state index contributed by atoms with van der Waals surface area (Å²) in [7, 11) is 0. The zero-order valence-electron chi connectivity index (χ0n) is 15.1. The molecule has 0 saturated carbocycles. The van der Waals surface area contributed by atoms with Crippen molar-refractivity contribution in [2.75, 3.05) is 0 Å². The summed E-state index contributed by atoms with van der Waals surface area (Å²) in [5, 5.41) is 11.2. The van der Waals surface area contributed by atoms with Crippen LogP contribution in [0.4, 0.5) is 5.69 Å². The Morgan fingerprint density at radius 1 is 1.11 bits per heavy atom. The van der Waals surface area contributed by atoms with Gasteiger partial charge in [0.15, 0.2) is 0 Å². The maximum atomic E-state index is 12.4. The van der Waals surface area contributed by atoms with Gasteiger partial charge in [0.1, 0.15) is 5.56 Å². The SMILES string of the molecule is Cc1cc(C)c(-n2c(O)c(C=Nc3cccc(Cl)c3)c(=O)[nH]c2=O)c(C)c1. The first-order valence-corrected chi connectivity index (χ1v) is 8.62. The highest BCUT2D eigenvalue weighted by atomic mass is 35.5. The third-order valence-corrected chi connectivity index (χ3v) is 4.37. The number of H-pyrrole nitrogens is 1. The molecule has 3 aromatic rings. The molecule has 2 aromatic carbocycles. The Labute approximate surface area is 160 Å². The molecule has 1 heterocycles. The van der Waals surface area contributed by atoms with Crippen LogP contribution >= 0.6 is 11.6 Å². The number of nitrogens with one attached hydrogen (secondary N) is 1. The summed E-state index contributed by atoms with van der Waals surface area (Å²) in [4.78, 5) is 31.0. The van der Waals surface area contributed by atoms with Gasteiger partial charge >= 0.3 is 5.69 Å². The molecule has 0 atom stereocenters. The van der Waals surface area contributed by atoms with Crippen molar-refractivity contribution in [3.05, 3.63) is 84.5 Å². The highest BCUT2D eigenvalue weighted by Gasteiger charge is 2.17. The molecule has 2 N–H and O–H groups in total. The number of aliphatic imine (C=N–C) groups is 1. The minimum Gasteiger partial charge on any atom is -0.493 e. The Balaban J connectivity index is 2.21. The monoisotopic (exact) mass is 383 g/mol. The third-order valence-electron chi connectivity index (χ3n) is 4.13. The van der Waals surface area contributed by atoms with Crippen molar-refractivity contribution in [1.29, 1.82) is 0 Å². The van der Waals surface area contributed by atoms with E-state index in [0.29, 0.717) is 16.4 Å². The van der Waals surface area contributed by atoms with Crippen molar-refractivity contribution in [1.82, 2.24) is 9.55 Å². The van der Waals surface area contributed by atoms with Crippen LogP contribution in [0.2, 0.25) is 5.02 Å². The molecule has 0 aliphatic rings. The number of halogens is 1. The highest BCUT2D eigenvalue weighted by molar-refractivity contribution is 6.30. The van der Waals surface area contributed by atoms with Crippen molar-refractivity contribution < 1.29 is 5.11 Å². The Morgan fingerprint density at radius 2 is 1.78 bits per heavy atom. The predicted octanol–water partition coefficient (Wildman–Crippen LogP) is 3.56. The zero-order valence-corrected chi connectivity index (χ0v) is 15.8. The maximum absolute atomic E-state index is 12.4. The van der Waals surface area contributed by atoms with Crippen molar-refractivity contribution in [3.8, 4) is 11.6 Å². The maximum Gasteiger partial charge on any atom is 0.335 e. The van der Waals surface area contributed by atoms with Gasteiger partial charge in [0.05, 0.1) is 11.4 Å². The summed E-state index contributed by atoms with van der Waals surface area (Å²) in [6, 6.07) is 10.6. The molecule has 0 saturated heterocycles. The van der Waals surface area contributed by atoms with Gasteiger partial charge in [-0.2, -0.15) is 0 Å². The number of aromatic hydroxyl groups is 1. The fraction of sp³-hybridized carbons (Fsp3) is 0.150. The minimum atomic E-state index is -0.720. The molecule has 6 nitrogen and oxygen atoms in total. The molecule has 27 heavy (non-hydrogen) atoms. The van der Waals surface area contributed by atoms with Gasteiger partial charge in [0, 0.05) is 11.2 Å². The van der Waals surface area contributed by atoms with Crippen LogP contribution < -0.4 is 11.2 Å². The molecular formula is C20H18ClN3O3. The van der Waals surface area contributed by atoms with Gasteiger partial charge in [0.2, 0.25) is 5.88 Å². The molecule has 0 bridgehead atoms. The van der Waals surface area contributed by atoms with E-state index in [-0.39, 0.29) is 5.56 Å². The van der Waals surface area contributed by atoms with E-state index in [0.717, 1.165) is 21.3 Å². The Morgan fingerprint density at radius 3 is 2.41 bits per heavy atom. The number of hydrogen-bond acceptors (Lipinski definition) is 4. The van der Waals surface area contributed by atoms with Gasteiger partial charge in [-0.05, 0) is 50.1 Å². The first kappa shape index (κ1) is 18.7. The van der Waals surface area contributed by atoms with E-state index in [4.69, 9.17) is 11.6 Å². The number of nitrogens with zero attached hydrogens (tertiary/aromatic N) is 2. The first-order chi connectivity index (χ1) is 12.8. The van der Waals surface area contributed by atoms with Crippen LogP contribution in [0, 0.1) is 20.8 Å². The predicted molar refractivity (Wildman–Crippen MR) is 107 cm³/mol. The number of aryl methyl sites for hydroxylation is 3. The van der Waals surface area contributed by atoms with E-state index in [1.807, 2.05) is 32.9 Å². The highest BCUT2D eigenvalue weighted by Crippen LogP contribution is 2.24. The van der Waals surface area contributed by atoms with Gasteiger partial charge in [-0.25, -0.2) is 9.36 Å². The van der Waals surface area contributed by atoms with Crippen LogP contribution in [0.25, 0.3) is 5.69 Å². The number of aromatic amines is 1. The molecule has 0 unspecified atom stereocenters. The largest absolute Gasteiger partial charge is 0.493 e. The summed E-state index contributed by atoms with van der Waals surface area (Å²) in [5.41, 5.74) is 2.12. The quantitative estimate of drug-likeness (QED) is 0.678. The van der Waals surface area contributed by atoms with E-state index < -0.39 is 17.1 Å². The first-order valence-electron chi connectivity index (χ1n) is 8.24. The lowest BCUT2D eigenvalue weighted by molar-refractivity contribution is 0.429. The third kappa shape index (κ3) is 3.71. The summed E-state index contributed by atoms with van der Waals surface area (Å²) >= 11 is 5.93. The van der Waals surface area contributed by atoms with E-state index in [1.165, 1.54) is 6.21 Å². The second-order valence-electron chi connectivity index (χ2n) is 6.32. The molecule has 0 fully saturated rings. The summed E-state index contributed by atoms with van der Waals surface area (Å²) in [6.45, 7) is 5.63. The van der Waals surface area contributed by atoms with Gasteiger partial charge in [-0.1, -0.05) is 35.4 Å². The van der Waals surface area contributed by atoms with Crippen LogP contribution in [0.3, 0.4) is 0 Å². The van der Waals surface area contributed by atoms with Crippen LogP contribution in [-0.2, 0) is 0 Å². The zero-order chi connectivity index (χ0) is 19.7. The van der Waals surface area contributed by atoms with E-state index >= 15 is 0 Å². The second kappa shape index (κ2) is 7.25. The summed E-state index contributed by atoms with van der Waals surface area (Å²) in [6.07, 6.45) is 1.22. The lowest BCUT2D eigenvalue weighted by atomic mass is 10.0. The van der Waals surface area contributed by atoms with Crippen LogP contribution in [-0.4, -0.2) is 20.9 Å². The van der Waals surface area contributed by atoms with Crippen molar-refractivity contribution in [3.63, 3.8) is 0 Å². The molecule has 0 spiro atoms. The molecule has 138 valence electrons. The van der Waals surface area contributed by atoms with Crippen LogP contribution in [0.5, 0.6) is 5.88 Å². The fourth-order valence-corrected chi connectivity index (χ4v) is 3.27. The minimum absolute atomic E-state index is 0.117. The summed E-state index contributed by atoms with van der Waals surface area (Å²) in [5.74, 6) is -0.468. The number of benzene rings is 2. The Hall–Kier alpha value is -3.12. The van der Waals surface area contributed by atoms with Crippen molar-refractivity contribution in [2.24, 2.45) is 4.99 Å². The molecule has 1 aromatic heterocycles. The van der Waals surface area contributed by atoms with Gasteiger partial charge in [0.25, 0.3) is 5.56 Å². The molecule has 0 amide bonds. The average molecular weight is 384 g/mol. The number of hydrogen-bond donors (Lipinski definition) is 2. The average Bonchev–Trinajstić information content (AvgIpc) is 2.56. The number of aromatic nitrogens is 2. The standard InChI is InChI=1S/C20H18ClN3O3/c1-11-7-12(2)17(13(3)8-11)24-19(26)16(18(25)23-20(24)27)10-22-15-6-4-5-14(21)9-15/h4-10,26H,1-3H3,(H,23,25,27).